The van der Waals surface area contributed by atoms with Gasteiger partial charge in [-0.15, -0.1) is 0 Å². The van der Waals surface area contributed by atoms with Gasteiger partial charge in [0.05, 0.1) is 10.3 Å². The van der Waals surface area contributed by atoms with E-state index in [4.69, 9.17) is 0 Å². The number of sulfonamides is 1. The summed E-state index contributed by atoms with van der Waals surface area (Å²) in [5.74, 6) is -1.90. The number of alkyl halides is 3. The minimum absolute atomic E-state index is 0.233. The zero-order chi connectivity index (χ0) is 30.6. The number of nitrogens with zero attached hydrogens (tertiary/aromatic N) is 1. The van der Waals surface area contributed by atoms with Crippen LogP contribution in [0.25, 0.3) is 0 Å². The maximum Gasteiger partial charge on any atom is 0.416 e. The Morgan fingerprint density at radius 1 is 1.10 bits per heavy atom. The number of amides is 3. The normalized spacial score (nSPS) is 26.2. The molecule has 1 aliphatic heterocycles. The molecule has 9 nitrogen and oxygen atoms in total. The number of nitrogens with one attached hydrogen (secondary N) is 3. The van der Waals surface area contributed by atoms with Gasteiger partial charge in [-0.1, -0.05) is 34.1 Å². The van der Waals surface area contributed by atoms with Crippen LogP contribution >= 0.6 is 0 Å². The van der Waals surface area contributed by atoms with Crippen LogP contribution < -0.4 is 15.4 Å². The quantitative estimate of drug-likeness (QED) is 0.396. The number of halogens is 3. The van der Waals surface area contributed by atoms with E-state index in [-0.39, 0.29) is 11.8 Å². The molecular formula is C28H39F3N4O5S. The Hall–Kier alpha value is -2.83. The molecule has 2 saturated carbocycles. The third-order valence-electron chi connectivity index (χ3n) is 8.65. The molecule has 3 amide bonds. The second kappa shape index (κ2) is 10.5. The molecule has 2 aliphatic carbocycles. The summed E-state index contributed by atoms with van der Waals surface area (Å²) in [6, 6.07) is 2.67. The second-order valence-electron chi connectivity index (χ2n) is 12.9. The summed E-state index contributed by atoms with van der Waals surface area (Å²) in [6.45, 7) is 9.16. The van der Waals surface area contributed by atoms with Gasteiger partial charge in [0, 0.05) is 12.2 Å². The summed E-state index contributed by atoms with van der Waals surface area (Å²) in [4.78, 5) is 42.0. The maximum atomic E-state index is 13.8. The lowest BCUT2D eigenvalue weighted by molar-refractivity contribution is -0.141. The number of carbonyl (C=O) groups excluding carboxylic acids is 3. The van der Waals surface area contributed by atoms with Crippen LogP contribution in [0.2, 0.25) is 0 Å². The molecule has 0 aromatic heterocycles. The zero-order valence-corrected chi connectivity index (χ0v) is 24.8. The van der Waals surface area contributed by atoms with Crippen LogP contribution in [0.1, 0.15) is 78.7 Å². The first-order valence-corrected chi connectivity index (χ1v) is 15.5. The molecule has 13 heteroatoms. The number of benzene rings is 1. The zero-order valence-electron chi connectivity index (χ0n) is 24.0. The van der Waals surface area contributed by atoms with E-state index in [0.717, 1.165) is 12.1 Å². The minimum atomic E-state index is -4.49. The number of rotatable bonds is 9. The predicted octanol–water partition coefficient (Wildman–Crippen LogP) is 3.81. The predicted molar refractivity (Wildman–Crippen MR) is 147 cm³/mol. The van der Waals surface area contributed by atoms with E-state index in [9.17, 15) is 36.0 Å². The topological polar surface area (TPSA) is 125 Å². The highest BCUT2D eigenvalue weighted by Crippen LogP contribution is 2.48. The van der Waals surface area contributed by atoms with E-state index >= 15 is 0 Å². The van der Waals surface area contributed by atoms with Gasteiger partial charge in [-0.25, -0.2) is 8.42 Å². The summed E-state index contributed by atoms with van der Waals surface area (Å²) in [6.07, 6.45) is -1.80. The van der Waals surface area contributed by atoms with E-state index in [1.54, 1.807) is 6.92 Å². The molecule has 228 valence electrons. The summed E-state index contributed by atoms with van der Waals surface area (Å²) in [5.41, 5.74) is -2.50. The first kappa shape index (κ1) is 31.1. The smallest absolute Gasteiger partial charge is 0.373 e. The van der Waals surface area contributed by atoms with Gasteiger partial charge < -0.3 is 15.5 Å². The molecule has 1 heterocycles. The van der Waals surface area contributed by atoms with E-state index in [1.807, 2.05) is 27.7 Å². The van der Waals surface area contributed by atoms with Crippen LogP contribution in [0.5, 0.6) is 0 Å². The number of carbonyl (C=O) groups is 3. The molecule has 0 radical (unpaired) electrons. The van der Waals surface area contributed by atoms with Crippen LogP contribution in [-0.2, 0) is 30.6 Å². The Bertz CT molecular complexity index is 1310. The Kier molecular flexibility index (Phi) is 7.94. The van der Waals surface area contributed by atoms with Crippen molar-refractivity contribution in [2.75, 3.05) is 11.9 Å². The van der Waals surface area contributed by atoms with Crippen molar-refractivity contribution in [2.24, 2.45) is 11.3 Å². The van der Waals surface area contributed by atoms with Crippen molar-refractivity contribution in [3.05, 3.63) is 29.8 Å². The fourth-order valence-corrected chi connectivity index (χ4v) is 6.75. The van der Waals surface area contributed by atoms with E-state index in [2.05, 4.69) is 15.4 Å². The summed E-state index contributed by atoms with van der Waals surface area (Å²) in [7, 11) is -3.89. The van der Waals surface area contributed by atoms with E-state index in [1.165, 1.54) is 17.0 Å². The van der Waals surface area contributed by atoms with Gasteiger partial charge in [0.1, 0.15) is 17.6 Å². The molecule has 0 spiro atoms. The molecule has 4 rings (SSSR count). The van der Waals surface area contributed by atoms with Crippen LogP contribution in [-0.4, -0.2) is 60.0 Å². The fraction of sp³-hybridized carbons (Fsp3) is 0.679. The molecular weight excluding hydrogens is 561 g/mol. The fourth-order valence-electron chi connectivity index (χ4n) is 5.43. The Morgan fingerprint density at radius 2 is 1.71 bits per heavy atom. The summed E-state index contributed by atoms with van der Waals surface area (Å²) < 4.78 is 65.6. The lowest BCUT2D eigenvalue weighted by Gasteiger charge is -2.36. The largest absolute Gasteiger partial charge is 0.416 e. The van der Waals surface area contributed by atoms with Gasteiger partial charge in [-0.2, -0.15) is 13.2 Å². The molecule has 3 fully saturated rings. The molecule has 4 atom stereocenters. The van der Waals surface area contributed by atoms with E-state index < -0.39 is 61.4 Å². The van der Waals surface area contributed by atoms with Crippen LogP contribution in [0, 0.1) is 11.3 Å². The monoisotopic (exact) mass is 600 g/mol. The molecule has 3 N–H and O–H groups in total. The van der Waals surface area contributed by atoms with Crippen LogP contribution in [0.4, 0.5) is 18.9 Å². The van der Waals surface area contributed by atoms with Gasteiger partial charge in [0.25, 0.3) is 5.91 Å². The summed E-state index contributed by atoms with van der Waals surface area (Å²) in [5, 5.41) is 5.85. The van der Waals surface area contributed by atoms with Crippen molar-refractivity contribution in [1.82, 2.24) is 14.9 Å². The Morgan fingerprint density at radius 3 is 2.20 bits per heavy atom. The van der Waals surface area contributed by atoms with Gasteiger partial charge in [-0.3, -0.25) is 19.1 Å². The molecule has 1 saturated heterocycles. The highest BCUT2D eigenvalue weighted by Gasteiger charge is 2.63. The summed E-state index contributed by atoms with van der Waals surface area (Å²) >= 11 is 0. The standard InChI is InChI=1S/C28H39F3N4O5S/c1-6-17-16-27(17,24(38)34-41(39,40)26(5)13-14-26)33-22(36)20-8-7-15-35(20)23(37)21(25(2,3)4)32-19-11-9-18(10-12-19)28(29,30)31/h9-12,17,20-21,32H,6-8,13-16H2,1-5H3,(H,33,36)(H,34,38)/t17?,20?,21?,27-/m1/s1. The van der Waals surface area contributed by atoms with Crippen LogP contribution in [0.15, 0.2) is 24.3 Å². The minimum Gasteiger partial charge on any atom is -0.373 e. The molecule has 3 aliphatic rings. The Labute approximate surface area is 239 Å². The maximum absolute atomic E-state index is 13.8. The molecule has 1 aromatic rings. The van der Waals surface area contributed by atoms with Gasteiger partial charge >= 0.3 is 6.18 Å². The molecule has 1 aromatic carbocycles. The highest BCUT2D eigenvalue weighted by atomic mass is 32.2. The van der Waals surface area contributed by atoms with Crippen molar-refractivity contribution < 1.29 is 36.0 Å². The van der Waals surface area contributed by atoms with Crippen molar-refractivity contribution in [2.45, 2.75) is 102 Å². The van der Waals surface area contributed by atoms with Crippen molar-refractivity contribution >= 4 is 33.4 Å². The first-order chi connectivity index (χ1) is 18.8. The third kappa shape index (κ3) is 6.19. The number of anilines is 1. The number of hydrogen-bond donors (Lipinski definition) is 3. The van der Waals surface area contributed by atoms with Gasteiger partial charge in [-0.05, 0) is 74.6 Å². The van der Waals surface area contributed by atoms with Crippen molar-refractivity contribution in [1.29, 1.82) is 0 Å². The van der Waals surface area contributed by atoms with Crippen LogP contribution in [0.3, 0.4) is 0 Å². The average molecular weight is 601 g/mol. The highest BCUT2D eigenvalue weighted by molar-refractivity contribution is 7.91. The first-order valence-electron chi connectivity index (χ1n) is 14.0. The lowest BCUT2D eigenvalue weighted by atomic mass is 9.85. The molecule has 0 bridgehead atoms. The van der Waals surface area contributed by atoms with Crippen molar-refractivity contribution in [3.8, 4) is 0 Å². The number of hydrogen-bond acceptors (Lipinski definition) is 6. The van der Waals surface area contributed by atoms with Crippen molar-refractivity contribution in [3.63, 3.8) is 0 Å². The van der Waals surface area contributed by atoms with Gasteiger partial charge in [0.2, 0.25) is 21.8 Å². The SMILES string of the molecule is CCC1C[C@]1(NC(=O)C1CCCN1C(=O)C(Nc1ccc(C(F)(F)F)cc1)C(C)(C)C)C(=O)NS(=O)(=O)C1(C)CC1. The molecule has 3 unspecified atom stereocenters. The van der Waals surface area contributed by atoms with Gasteiger partial charge in [0.15, 0.2) is 0 Å². The molecule has 41 heavy (non-hydrogen) atoms. The Balaban J connectivity index is 1.49. The lowest BCUT2D eigenvalue weighted by Crippen LogP contribution is -2.59. The van der Waals surface area contributed by atoms with E-state index in [0.29, 0.717) is 50.8 Å². The average Bonchev–Trinajstić information content (AvgIpc) is 3.74. The number of likely N-dealkylation sites (tertiary alicyclic amines) is 1. The third-order valence-corrected chi connectivity index (χ3v) is 10.8. The second-order valence-corrected chi connectivity index (χ2v) is 15.1.